The van der Waals surface area contributed by atoms with Crippen molar-refractivity contribution in [3.05, 3.63) is 140 Å². The molecule has 6 nitrogen and oxygen atoms in total. The van der Waals surface area contributed by atoms with Crippen LogP contribution in [-0.4, -0.2) is 24.5 Å². The van der Waals surface area contributed by atoms with Gasteiger partial charge in [-0.05, 0) is 36.4 Å². The zero-order valence-electron chi connectivity index (χ0n) is 23.4. The van der Waals surface area contributed by atoms with Crippen LogP contribution in [0.25, 0.3) is 83.5 Å². The summed E-state index contributed by atoms with van der Waals surface area (Å²) >= 11 is 0. The van der Waals surface area contributed by atoms with Crippen LogP contribution in [0.15, 0.2) is 144 Å². The number of nitrogens with zero attached hydrogens (tertiary/aromatic N) is 5. The molecular formula is C38H23N5O. The molecule has 6 heteroatoms. The smallest absolute Gasteiger partial charge is 0.160 e. The second kappa shape index (κ2) is 9.71. The average Bonchev–Trinajstić information content (AvgIpc) is 3.62. The summed E-state index contributed by atoms with van der Waals surface area (Å²) in [5, 5.41) is 3.15. The van der Waals surface area contributed by atoms with Crippen LogP contribution in [-0.2, 0) is 0 Å². The summed E-state index contributed by atoms with van der Waals surface area (Å²) in [6.07, 6.45) is 3.47. The van der Waals surface area contributed by atoms with Gasteiger partial charge in [-0.2, -0.15) is 0 Å². The van der Waals surface area contributed by atoms with Gasteiger partial charge >= 0.3 is 0 Å². The number of aromatic nitrogens is 5. The Labute approximate surface area is 251 Å². The maximum absolute atomic E-state index is 6.23. The highest BCUT2D eigenvalue weighted by Gasteiger charge is 2.18. The van der Waals surface area contributed by atoms with Crippen LogP contribution in [0.4, 0.5) is 0 Å². The lowest BCUT2D eigenvalue weighted by molar-refractivity contribution is 0.669. The number of rotatable bonds is 4. The van der Waals surface area contributed by atoms with Crippen molar-refractivity contribution in [2.75, 3.05) is 0 Å². The summed E-state index contributed by atoms with van der Waals surface area (Å²) in [5.74, 6) is 0.660. The van der Waals surface area contributed by atoms with Gasteiger partial charge < -0.3 is 8.98 Å². The normalized spacial score (nSPS) is 11.6. The molecule has 0 atom stereocenters. The standard InChI is InChI=1S/C38H23N5O/c1-3-10-24(11-4-1)31-21-32(25-12-5-2-6-13-25)42-38(41-31)26-14-9-15-27(18-26)43-33-19-29-28-16-7-8-17-35(28)44-36(29)20-30(33)37-34(43)22-39-23-40-37/h1-23H. The fraction of sp³-hybridized carbons (Fsp3) is 0. The first-order valence-corrected chi connectivity index (χ1v) is 14.5. The van der Waals surface area contributed by atoms with Crippen molar-refractivity contribution in [3.8, 4) is 39.6 Å². The molecule has 0 aliphatic heterocycles. The van der Waals surface area contributed by atoms with Gasteiger partial charge in [0.1, 0.15) is 17.5 Å². The van der Waals surface area contributed by atoms with Crippen LogP contribution in [0, 0.1) is 0 Å². The fourth-order valence-corrected chi connectivity index (χ4v) is 6.11. The highest BCUT2D eigenvalue weighted by atomic mass is 16.3. The molecule has 0 unspecified atom stereocenters. The molecule has 0 aliphatic rings. The third kappa shape index (κ3) is 3.89. The van der Waals surface area contributed by atoms with Gasteiger partial charge in [-0.1, -0.05) is 91.0 Å². The highest BCUT2D eigenvalue weighted by Crippen LogP contribution is 2.38. The Hall–Kier alpha value is -6.14. The van der Waals surface area contributed by atoms with Gasteiger partial charge in [0.05, 0.1) is 34.1 Å². The van der Waals surface area contributed by atoms with Crippen LogP contribution >= 0.6 is 0 Å². The van der Waals surface area contributed by atoms with Crippen molar-refractivity contribution in [2.45, 2.75) is 0 Å². The largest absolute Gasteiger partial charge is 0.456 e. The lowest BCUT2D eigenvalue weighted by Gasteiger charge is -2.12. The molecule has 0 saturated heterocycles. The molecule has 0 saturated carbocycles. The molecule has 4 aromatic heterocycles. The van der Waals surface area contributed by atoms with Crippen LogP contribution in [0.1, 0.15) is 0 Å². The molecule has 0 spiro atoms. The zero-order valence-corrected chi connectivity index (χ0v) is 23.4. The van der Waals surface area contributed by atoms with Crippen LogP contribution in [0.3, 0.4) is 0 Å². The zero-order chi connectivity index (χ0) is 29.0. The molecule has 0 aliphatic carbocycles. The van der Waals surface area contributed by atoms with E-state index in [0.717, 1.165) is 77.6 Å². The second-order valence-corrected chi connectivity index (χ2v) is 10.8. The lowest BCUT2D eigenvalue weighted by Crippen LogP contribution is -1.98. The van der Waals surface area contributed by atoms with E-state index >= 15 is 0 Å². The van der Waals surface area contributed by atoms with Gasteiger partial charge in [-0.3, -0.25) is 0 Å². The third-order valence-corrected chi connectivity index (χ3v) is 8.15. The van der Waals surface area contributed by atoms with Crippen LogP contribution in [0.5, 0.6) is 0 Å². The lowest BCUT2D eigenvalue weighted by atomic mass is 10.1. The Morgan fingerprint density at radius 2 is 1.23 bits per heavy atom. The Balaban J connectivity index is 1.27. The number of hydrogen-bond donors (Lipinski definition) is 0. The predicted octanol–water partition coefficient (Wildman–Crippen LogP) is 9.26. The quantitative estimate of drug-likeness (QED) is 0.213. The van der Waals surface area contributed by atoms with Gasteiger partial charge in [0.25, 0.3) is 0 Å². The van der Waals surface area contributed by atoms with E-state index < -0.39 is 0 Å². The molecule has 206 valence electrons. The minimum atomic E-state index is 0.660. The summed E-state index contributed by atoms with van der Waals surface area (Å²) in [4.78, 5) is 19.2. The van der Waals surface area contributed by atoms with Gasteiger partial charge in [0, 0.05) is 38.5 Å². The Morgan fingerprint density at radius 3 is 2.00 bits per heavy atom. The van der Waals surface area contributed by atoms with E-state index in [1.807, 2.05) is 60.8 Å². The Morgan fingerprint density at radius 1 is 0.523 bits per heavy atom. The van der Waals surface area contributed by atoms with E-state index in [0.29, 0.717) is 5.82 Å². The van der Waals surface area contributed by atoms with Crippen molar-refractivity contribution >= 4 is 43.9 Å². The molecule has 5 aromatic carbocycles. The van der Waals surface area contributed by atoms with E-state index in [1.54, 1.807) is 6.33 Å². The fourth-order valence-electron chi connectivity index (χ4n) is 6.11. The van der Waals surface area contributed by atoms with E-state index in [2.05, 4.69) is 87.3 Å². The number of furan rings is 1. The first-order chi connectivity index (χ1) is 21.8. The van der Waals surface area contributed by atoms with Crippen LogP contribution in [0.2, 0.25) is 0 Å². The van der Waals surface area contributed by atoms with Gasteiger partial charge in [-0.15, -0.1) is 0 Å². The molecular weight excluding hydrogens is 542 g/mol. The van der Waals surface area contributed by atoms with Crippen molar-refractivity contribution in [2.24, 2.45) is 0 Å². The van der Waals surface area contributed by atoms with Gasteiger partial charge in [0.2, 0.25) is 0 Å². The van der Waals surface area contributed by atoms with E-state index in [9.17, 15) is 0 Å². The molecule has 0 bridgehead atoms. The van der Waals surface area contributed by atoms with E-state index in [1.165, 1.54) is 0 Å². The van der Waals surface area contributed by atoms with E-state index in [-0.39, 0.29) is 0 Å². The number of hydrogen-bond acceptors (Lipinski definition) is 5. The van der Waals surface area contributed by atoms with Crippen molar-refractivity contribution in [1.29, 1.82) is 0 Å². The first-order valence-electron chi connectivity index (χ1n) is 14.5. The maximum Gasteiger partial charge on any atom is 0.160 e. The minimum Gasteiger partial charge on any atom is -0.456 e. The van der Waals surface area contributed by atoms with Crippen molar-refractivity contribution < 1.29 is 4.42 Å². The monoisotopic (exact) mass is 565 g/mol. The molecule has 44 heavy (non-hydrogen) atoms. The summed E-state index contributed by atoms with van der Waals surface area (Å²) in [6, 6.07) is 43.3. The van der Waals surface area contributed by atoms with E-state index in [4.69, 9.17) is 14.4 Å². The molecule has 0 radical (unpaired) electrons. The Bertz CT molecular complexity index is 2440. The molecule has 0 N–H and O–H groups in total. The van der Waals surface area contributed by atoms with Gasteiger partial charge in [-0.25, -0.2) is 19.9 Å². The SMILES string of the molecule is c1ccc(-c2cc(-c3ccccc3)nc(-c3cccc(-n4c5cc6c(cc5c5ncncc54)oc4ccccc46)c3)n2)cc1. The summed E-state index contributed by atoms with van der Waals surface area (Å²) in [5.41, 5.74) is 10.2. The highest BCUT2D eigenvalue weighted by molar-refractivity contribution is 6.15. The molecule has 9 aromatic rings. The van der Waals surface area contributed by atoms with Crippen LogP contribution < -0.4 is 0 Å². The van der Waals surface area contributed by atoms with Crippen molar-refractivity contribution in [1.82, 2.24) is 24.5 Å². The Kier molecular flexibility index (Phi) is 5.40. The predicted molar refractivity (Wildman–Crippen MR) is 176 cm³/mol. The maximum atomic E-state index is 6.23. The molecule has 0 fully saturated rings. The summed E-state index contributed by atoms with van der Waals surface area (Å²) in [6.45, 7) is 0. The molecule has 9 rings (SSSR count). The number of para-hydroxylation sites is 1. The second-order valence-electron chi connectivity index (χ2n) is 10.8. The third-order valence-electron chi connectivity index (χ3n) is 8.15. The minimum absolute atomic E-state index is 0.660. The van der Waals surface area contributed by atoms with Crippen molar-refractivity contribution in [3.63, 3.8) is 0 Å². The number of fused-ring (bicyclic) bond motifs is 6. The van der Waals surface area contributed by atoms with Gasteiger partial charge in [0.15, 0.2) is 5.82 Å². The first kappa shape index (κ1) is 24.5. The summed E-state index contributed by atoms with van der Waals surface area (Å²) in [7, 11) is 0. The number of benzene rings is 5. The molecule has 0 amide bonds. The topological polar surface area (TPSA) is 69.6 Å². The average molecular weight is 566 g/mol. The molecule has 4 heterocycles. The summed E-state index contributed by atoms with van der Waals surface area (Å²) < 4.78 is 8.44.